The van der Waals surface area contributed by atoms with Gasteiger partial charge in [0.05, 0.1) is 20.5 Å². The van der Waals surface area contributed by atoms with Crippen molar-refractivity contribution in [1.82, 2.24) is 5.32 Å². The SMILES string of the molecule is COc1ccc(OC)c(C(O)CNC(=O)c2ccc(NC(=O)c3ccco3)cc2)c1. The summed E-state index contributed by atoms with van der Waals surface area (Å²) < 4.78 is 15.5. The zero-order valence-corrected chi connectivity index (χ0v) is 16.5. The molecular weight excluding hydrogens is 388 g/mol. The Bertz CT molecular complexity index is 999. The molecule has 156 valence electrons. The van der Waals surface area contributed by atoms with Gasteiger partial charge in [-0.2, -0.15) is 0 Å². The number of aliphatic hydroxyl groups is 1. The number of nitrogens with one attached hydrogen (secondary N) is 2. The predicted molar refractivity (Wildman–Crippen MR) is 110 cm³/mol. The van der Waals surface area contributed by atoms with E-state index >= 15 is 0 Å². The van der Waals surface area contributed by atoms with Crippen LogP contribution in [0.1, 0.15) is 32.6 Å². The quantitative estimate of drug-likeness (QED) is 0.527. The minimum absolute atomic E-state index is 0.0145. The highest BCUT2D eigenvalue weighted by molar-refractivity contribution is 6.02. The first-order valence-corrected chi connectivity index (χ1v) is 9.15. The molecule has 3 N–H and O–H groups in total. The summed E-state index contributed by atoms with van der Waals surface area (Å²) in [6.45, 7) is -0.0145. The first-order chi connectivity index (χ1) is 14.5. The van der Waals surface area contributed by atoms with Gasteiger partial charge in [0.1, 0.15) is 17.6 Å². The number of ether oxygens (including phenoxy) is 2. The maximum Gasteiger partial charge on any atom is 0.291 e. The van der Waals surface area contributed by atoms with Crippen LogP contribution in [0.4, 0.5) is 5.69 Å². The van der Waals surface area contributed by atoms with Gasteiger partial charge in [-0.05, 0) is 54.6 Å². The fraction of sp³-hybridized carbons (Fsp3) is 0.182. The number of rotatable bonds is 8. The molecule has 0 aliphatic carbocycles. The molecule has 0 fully saturated rings. The van der Waals surface area contributed by atoms with E-state index in [-0.39, 0.29) is 24.1 Å². The molecule has 8 nitrogen and oxygen atoms in total. The number of methoxy groups -OCH3 is 2. The number of benzene rings is 2. The topological polar surface area (TPSA) is 110 Å². The number of carbonyl (C=O) groups is 2. The predicted octanol–water partition coefficient (Wildman–Crippen LogP) is 3.01. The number of amides is 2. The molecule has 0 saturated heterocycles. The summed E-state index contributed by atoms with van der Waals surface area (Å²) in [7, 11) is 3.03. The zero-order chi connectivity index (χ0) is 21.5. The summed E-state index contributed by atoms with van der Waals surface area (Å²) in [5.41, 5.74) is 1.41. The van der Waals surface area contributed by atoms with E-state index in [1.54, 1.807) is 54.6 Å². The van der Waals surface area contributed by atoms with Crippen LogP contribution < -0.4 is 20.1 Å². The molecule has 1 aromatic heterocycles. The molecule has 2 aromatic carbocycles. The molecular formula is C22H22N2O6. The van der Waals surface area contributed by atoms with Crippen LogP contribution in [-0.4, -0.2) is 37.7 Å². The molecule has 0 aliphatic heterocycles. The molecule has 3 aromatic rings. The molecule has 3 rings (SSSR count). The molecule has 0 spiro atoms. The van der Waals surface area contributed by atoms with Gasteiger partial charge in [-0.1, -0.05) is 0 Å². The Morgan fingerprint density at radius 3 is 2.43 bits per heavy atom. The average molecular weight is 410 g/mol. The Morgan fingerprint density at radius 2 is 1.80 bits per heavy atom. The van der Waals surface area contributed by atoms with Crippen LogP contribution in [0.15, 0.2) is 65.3 Å². The molecule has 2 amide bonds. The van der Waals surface area contributed by atoms with E-state index in [9.17, 15) is 14.7 Å². The Morgan fingerprint density at radius 1 is 1.03 bits per heavy atom. The maximum atomic E-state index is 12.4. The van der Waals surface area contributed by atoms with E-state index in [0.717, 1.165) is 0 Å². The van der Waals surface area contributed by atoms with Gasteiger partial charge in [-0.3, -0.25) is 9.59 Å². The standard InChI is InChI=1S/C22H22N2O6/c1-28-16-9-10-19(29-2)17(12-16)18(25)13-23-21(26)14-5-7-15(8-6-14)24-22(27)20-4-3-11-30-20/h3-12,18,25H,13H2,1-2H3,(H,23,26)(H,24,27). The average Bonchev–Trinajstić information content (AvgIpc) is 3.32. The first-order valence-electron chi connectivity index (χ1n) is 9.15. The fourth-order valence-electron chi connectivity index (χ4n) is 2.81. The fourth-order valence-corrected chi connectivity index (χ4v) is 2.81. The van der Waals surface area contributed by atoms with E-state index < -0.39 is 6.10 Å². The highest BCUT2D eigenvalue weighted by Crippen LogP contribution is 2.29. The van der Waals surface area contributed by atoms with Gasteiger partial charge in [-0.25, -0.2) is 0 Å². The summed E-state index contributed by atoms with van der Waals surface area (Å²) in [6, 6.07) is 14.6. The largest absolute Gasteiger partial charge is 0.497 e. The van der Waals surface area contributed by atoms with Crippen LogP contribution in [0.3, 0.4) is 0 Å². The lowest BCUT2D eigenvalue weighted by Crippen LogP contribution is -2.28. The van der Waals surface area contributed by atoms with Crippen molar-refractivity contribution in [2.75, 3.05) is 26.1 Å². The highest BCUT2D eigenvalue weighted by Gasteiger charge is 2.16. The van der Waals surface area contributed by atoms with Gasteiger partial charge in [0.15, 0.2) is 5.76 Å². The number of hydrogen-bond donors (Lipinski definition) is 3. The van der Waals surface area contributed by atoms with Gasteiger partial charge in [-0.15, -0.1) is 0 Å². The lowest BCUT2D eigenvalue weighted by molar-refractivity contribution is 0.0914. The van der Waals surface area contributed by atoms with E-state index in [4.69, 9.17) is 13.9 Å². The molecule has 0 aliphatic rings. The van der Waals surface area contributed by atoms with E-state index in [1.165, 1.54) is 20.5 Å². The van der Waals surface area contributed by atoms with Crippen LogP contribution in [0.5, 0.6) is 11.5 Å². The Kier molecular flexibility index (Phi) is 6.71. The molecule has 0 radical (unpaired) electrons. The molecule has 0 saturated carbocycles. The molecule has 1 unspecified atom stereocenters. The van der Waals surface area contributed by atoms with Gasteiger partial charge < -0.3 is 29.6 Å². The molecule has 30 heavy (non-hydrogen) atoms. The van der Waals surface area contributed by atoms with Crippen molar-refractivity contribution in [3.05, 3.63) is 77.7 Å². The van der Waals surface area contributed by atoms with Gasteiger partial charge in [0.2, 0.25) is 0 Å². The minimum Gasteiger partial charge on any atom is -0.497 e. The van der Waals surface area contributed by atoms with E-state index in [2.05, 4.69) is 10.6 Å². The van der Waals surface area contributed by atoms with Crippen LogP contribution in [0.25, 0.3) is 0 Å². The highest BCUT2D eigenvalue weighted by atomic mass is 16.5. The van der Waals surface area contributed by atoms with Gasteiger partial charge >= 0.3 is 0 Å². The number of aliphatic hydroxyl groups excluding tert-OH is 1. The van der Waals surface area contributed by atoms with Crippen LogP contribution in [0.2, 0.25) is 0 Å². The zero-order valence-electron chi connectivity index (χ0n) is 16.5. The van der Waals surface area contributed by atoms with Gasteiger partial charge in [0, 0.05) is 23.4 Å². The third kappa shape index (κ3) is 4.98. The number of furan rings is 1. The van der Waals surface area contributed by atoms with Crippen molar-refractivity contribution >= 4 is 17.5 Å². The summed E-state index contributed by atoms with van der Waals surface area (Å²) in [5, 5.41) is 15.8. The molecule has 1 heterocycles. The molecule has 1 atom stereocenters. The summed E-state index contributed by atoms with van der Waals surface area (Å²) in [4.78, 5) is 24.4. The molecule has 0 bridgehead atoms. The monoisotopic (exact) mass is 410 g/mol. The summed E-state index contributed by atoms with van der Waals surface area (Å²) in [6.07, 6.45) is 0.434. The summed E-state index contributed by atoms with van der Waals surface area (Å²) >= 11 is 0. The van der Waals surface area contributed by atoms with Crippen molar-refractivity contribution in [3.63, 3.8) is 0 Å². The second-order valence-electron chi connectivity index (χ2n) is 6.34. The lowest BCUT2D eigenvalue weighted by atomic mass is 10.1. The van der Waals surface area contributed by atoms with Crippen molar-refractivity contribution in [3.8, 4) is 11.5 Å². The van der Waals surface area contributed by atoms with Crippen LogP contribution >= 0.6 is 0 Å². The Hall–Kier alpha value is -3.78. The lowest BCUT2D eigenvalue weighted by Gasteiger charge is -2.16. The Balaban J connectivity index is 1.59. The van der Waals surface area contributed by atoms with Gasteiger partial charge in [0.25, 0.3) is 11.8 Å². The van der Waals surface area contributed by atoms with Crippen molar-refractivity contribution in [1.29, 1.82) is 0 Å². The van der Waals surface area contributed by atoms with Crippen molar-refractivity contribution in [2.45, 2.75) is 6.10 Å². The van der Waals surface area contributed by atoms with Crippen molar-refractivity contribution in [2.24, 2.45) is 0 Å². The number of carbonyl (C=O) groups excluding carboxylic acids is 2. The van der Waals surface area contributed by atoms with Crippen molar-refractivity contribution < 1.29 is 28.6 Å². The number of hydrogen-bond acceptors (Lipinski definition) is 6. The third-order valence-electron chi connectivity index (χ3n) is 4.40. The minimum atomic E-state index is -0.981. The normalized spacial score (nSPS) is 11.4. The summed E-state index contributed by atoms with van der Waals surface area (Å²) in [5.74, 6) is 0.517. The smallest absolute Gasteiger partial charge is 0.291 e. The van der Waals surface area contributed by atoms with E-state index in [1.807, 2.05) is 0 Å². The Labute approximate surface area is 173 Å². The van der Waals surface area contributed by atoms with Crippen LogP contribution in [0, 0.1) is 0 Å². The maximum absolute atomic E-state index is 12.4. The molecule has 8 heteroatoms. The van der Waals surface area contributed by atoms with Crippen LogP contribution in [-0.2, 0) is 0 Å². The number of anilines is 1. The first kappa shape index (κ1) is 20.9. The van der Waals surface area contributed by atoms with E-state index in [0.29, 0.717) is 28.3 Å². The third-order valence-corrected chi connectivity index (χ3v) is 4.40. The second-order valence-corrected chi connectivity index (χ2v) is 6.34. The second kappa shape index (κ2) is 9.62.